The zero-order chi connectivity index (χ0) is 19.5. The van der Waals surface area contributed by atoms with E-state index in [2.05, 4.69) is 25.8 Å². The van der Waals surface area contributed by atoms with E-state index in [9.17, 15) is 13.6 Å². The van der Waals surface area contributed by atoms with Crippen LogP contribution in [0.3, 0.4) is 0 Å². The second-order valence-electron chi connectivity index (χ2n) is 5.48. The van der Waals surface area contributed by atoms with Gasteiger partial charge < -0.3 is 10.6 Å². The SMILES string of the molecule is O=C(CSc1nnc(Nc2cccc(F)c2)s1)Nc1nc2ccc(F)cc2s1. The molecule has 11 heteroatoms. The third kappa shape index (κ3) is 4.61. The second kappa shape index (κ2) is 8.17. The van der Waals surface area contributed by atoms with Gasteiger partial charge in [-0.05, 0) is 36.4 Å². The number of anilines is 3. The molecular formula is C17H11F2N5OS3. The maximum Gasteiger partial charge on any atom is 0.236 e. The van der Waals surface area contributed by atoms with Crippen LogP contribution in [0, 0.1) is 11.6 Å². The van der Waals surface area contributed by atoms with Crippen LogP contribution in [-0.2, 0) is 4.79 Å². The number of thiazole rings is 1. The Morgan fingerprint density at radius 3 is 2.75 bits per heavy atom. The Morgan fingerprint density at radius 1 is 1.04 bits per heavy atom. The summed E-state index contributed by atoms with van der Waals surface area (Å²) in [5.74, 6) is -0.819. The summed E-state index contributed by atoms with van der Waals surface area (Å²) in [6, 6.07) is 10.3. The number of rotatable bonds is 6. The van der Waals surface area contributed by atoms with Gasteiger partial charge in [0.05, 0.1) is 16.0 Å². The van der Waals surface area contributed by atoms with Crippen LogP contribution in [0.1, 0.15) is 0 Å². The summed E-state index contributed by atoms with van der Waals surface area (Å²) in [5, 5.41) is 14.6. The van der Waals surface area contributed by atoms with Crippen LogP contribution >= 0.6 is 34.4 Å². The molecule has 0 saturated heterocycles. The molecule has 0 aliphatic carbocycles. The fourth-order valence-corrected chi connectivity index (χ4v) is 4.72. The summed E-state index contributed by atoms with van der Waals surface area (Å²) in [5.41, 5.74) is 1.20. The van der Waals surface area contributed by atoms with Gasteiger partial charge in [0.2, 0.25) is 11.0 Å². The van der Waals surface area contributed by atoms with E-state index >= 15 is 0 Å². The molecule has 6 nitrogen and oxygen atoms in total. The van der Waals surface area contributed by atoms with Crippen molar-refractivity contribution in [3.8, 4) is 0 Å². The average Bonchev–Trinajstić information content (AvgIpc) is 3.26. The van der Waals surface area contributed by atoms with Gasteiger partial charge in [-0.2, -0.15) is 0 Å². The van der Waals surface area contributed by atoms with Gasteiger partial charge in [0.25, 0.3) is 0 Å². The van der Waals surface area contributed by atoms with Crippen molar-refractivity contribution in [3.05, 3.63) is 54.1 Å². The average molecular weight is 436 g/mol. The summed E-state index contributed by atoms with van der Waals surface area (Å²) in [6.45, 7) is 0. The van der Waals surface area contributed by atoms with Crippen LogP contribution < -0.4 is 10.6 Å². The molecule has 142 valence electrons. The zero-order valence-corrected chi connectivity index (χ0v) is 16.4. The minimum atomic E-state index is -0.349. The predicted octanol–water partition coefficient (Wildman–Crippen LogP) is 4.90. The maximum absolute atomic E-state index is 13.2. The third-order valence-electron chi connectivity index (χ3n) is 3.41. The van der Waals surface area contributed by atoms with Crippen LogP contribution in [-0.4, -0.2) is 26.8 Å². The minimum absolute atomic E-state index is 0.124. The lowest BCUT2D eigenvalue weighted by Crippen LogP contribution is -2.13. The highest BCUT2D eigenvalue weighted by Crippen LogP contribution is 2.29. The topological polar surface area (TPSA) is 79.8 Å². The summed E-state index contributed by atoms with van der Waals surface area (Å²) in [6.07, 6.45) is 0. The van der Waals surface area contributed by atoms with E-state index in [0.717, 1.165) is 0 Å². The van der Waals surface area contributed by atoms with Crippen LogP contribution in [0.15, 0.2) is 46.8 Å². The number of aromatic nitrogens is 3. The van der Waals surface area contributed by atoms with E-state index in [4.69, 9.17) is 0 Å². The number of benzene rings is 2. The molecule has 2 aromatic heterocycles. The van der Waals surface area contributed by atoms with E-state index < -0.39 is 0 Å². The first-order chi connectivity index (χ1) is 13.5. The highest BCUT2D eigenvalue weighted by molar-refractivity contribution is 8.01. The van der Waals surface area contributed by atoms with Crippen LogP contribution in [0.25, 0.3) is 10.2 Å². The van der Waals surface area contributed by atoms with Gasteiger partial charge in [-0.15, -0.1) is 10.2 Å². The van der Waals surface area contributed by atoms with Crippen molar-refractivity contribution in [2.45, 2.75) is 4.34 Å². The largest absolute Gasteiger partial charge is 0.330 e. The van der Waals surface area contributed by atoms with Gasteiger partial charge in [0.1, 0.15) is 11.6 Å². The Hall–Kier alpha value is -2.63. The normalized spacial score (nSPS) is 10.9. The number of halogens is 2. The molecule has 0 spiro atoms. The van der Waals surface area contributed by atoms with E-state index in [0.29, 0.717) is 30.5 Å². The van der Waals surface area contributed by atoms with Gasteiger partial charge in [-0.3, -0.25) is 4.79 Å². The predicted molar refractivity (Wildman–Crippen MR) is 109 cm³/mol. The first-order valence-corrected chi connectivity index (χ1v) is 10.5. The van der Waals surface area contributed by atoms with Gasteiger partial charge >= 0.3 is 0 Å². The lowest BCUT2D eigenvalue weighted by Gasteiger charge is -2.00. The van der Waals surface area contributed by atoms with Crippen molar-refractivity contribution in [1.82, 2.24) is 15.2 Å². The molecule has 0 unspecified atom stereocenters. The lowest BCUT2D eigenvalue weighted by atomic mass is 10.3. The first kappa shape index (κ1) is 18.7. The number of nitrogens with one attached hydrogen (secondary N) is 2. The molecular weight excluding hydrogens is 424 g/mol. The number of nitrogens with zero attached hydrogens (tertiary/aromatic N) is 3. The Kier molecular flexibility index (Phi) is 5.46. The summed E-state index contributed by atoms with van der Waals surface area (Å²) < 4.78 is 27.7. The van der Waals surface area contributed by atoms with Crippen molar-refractivity contribution >= 4 is 66.5 Å². The molecule has 0 bridgehead atoms. The molecule has 0 saturated carbocycles. The number of amides is 1. The summed E-state index contributed by atoms with van der Waals surface area (Å²) >= 11 is 3.70. The fourth-order valence-electron chi connectivity index (χ4n) is 2.24. The molecule has 0 aliphatic rings. The Labute approximate surface area is 170 Å². The Balaban J connectivity index is 1.32. The first-order valence-electron chi connectivity index (χ1n) is 7.90. The van der Waals surface area contributed by atoms with Gasteiger partial charge in [0.15, 0.2) is 9.47 Å². The molecule has 0 radical (unpaired) electrons. The molecule has 2 heterocycles. The van der Waals surface area contributed by atoms with Gasteiger partial charge in [-0.25, -0.2) is 13.8 Å². The van der Waals surface area contributed by atoms with Crippen molar-refractivity contribution < 1.29 is 13.6 Å². The van der Waals surface area contributed by atoms with E-state index in [1.807, 2.05) is 0 Å². The molecule has 0 aliphatic heterocycles. The van der Waals surface area contributed by atoms with Gasteiger partial charge in [0, 0.05) is 5.69 Å². The highest BCUT2D eigenvalue weighted by atomic mass is 32.2. The Morgan fingerprint density at radius 2 is 1.89 bits per heavy atom. The molecule has 4 aromatic rings. The fraction of sp³-hybridized carbons (Fsp3) is 0.0588. The van der Waals surface area contributed by atoms with E-state index in [-0.39, 0.29) is 23.3 Å². The number of thioether (sulfide) groups is 1. The number of carbonyl (C=O) groups excluding carboxylic acids is 1. The van der Waals surface area contributed by atoms with Crippen molar-refractivity contribution in [3.63, 3.8) is 0 Å². The van der Waals surface area contributed by atoms with E-state index in [1.54, 1.807) is 18.2 Å². The van der Waals surface area contributed by atoms with Crippen molar-refractivity contribution in [1.29, 1.82) is 0 Å². The second-order valence-corrected chi connectivity index (χ2v) is 8.71. The maximum atomic E-state index is 13.2. The molecule has 0 fully saturated rings. The van der Waals surface area contributed by atoms with Crippen molar-refractivity contribution in [2.24, 2.45) is 0 Å². The molecule has 1 amide bonds. The van der Waals surface area contributed by atoms with Crippen LogP contribution in [0.5, 0.6) is 0 Å². The molecule has 2 N–H and O–H groups in total. The summed E-state index contributed by atoms with van der Waals surface area (Å²) in [7, 11) is 0. The standard InChI is InChI=1S/C17H11F2N5OS3/c18-9-2-1-3-11(6-9)20-16-23-24-17(28-16)26-8-14(25)22-15-21-12-5-4-10(19)7-13(12)27-15/h1-7H,8H2,(H,20,23)(H,21,22,25). The number of fused-ring (bicyclic) bond motifs is 1. The Bertz CT molecular complexity index is 1150. The van der Waals surface area contributed by atoms with Crippen molar-refractivity contribution in [2.75, 3.05) is 16.4 Å². The number of hydrogen-bond acceptors (Lipinski definition) is 8. The monoisotopic (exact) mass is 435 g/mol. The lowest BCUT2D eigenvalue weighted by molar-refractivity contribution is -0.113. The minimum Gasteiger partial charge on any atom is -0.330 e. The number of carbonyl (C=O) groups is 1. The van der Waals surface area contributed by atoms with E-state index in [1.165, 1.54) is 58.7 Å². The molecule has 0 atom stereocenters. The quantitative estimate of drug-likeness (QED) is 0.420. The van der Waals surface area contributed by atoms with Crippen LogP contribution in [0.4, 0.5) is 24.7 Å². The van der Waals surface area contributed by atoms with Crippen LogP contribution in [0.2, 0.25) is 0 Å². The molecule has 28 heavy (non-hydrogen) atoms. The highest BCUT2D eigenvalue weighted by Gasteiger charge is 2.11. The zero-order valence-electron chi connectivity index (χ0n) is 14.0. The third-order valence-corrected chi connectivity index (χ3v) is 6.31. The summed E-state index contributed by atoms with van der Waals surface area (Å²) in [4.78, 5) is 16.4. The van der Waals surface area contributed by atoms with Gasteiger partial charge in [-0.1, -0.05) is 40.5 Å². The molecule has 2 aromatic carbocycles. The smallest absolute Gasteiger partial charge is 0.236 e. The number of hydrogen-bond donors (Lipinski definition) is 2. The molecule has 4 rings (SSSR count).